The van der Waals surface area contributed by atoms with E-state index in [2.05, 4.69) is 10.6 Å². The lowest BCUT2D eigenvalue weighted by Gasteiger charge is -2.09. The first-order chi connectivity index (χ1) is 7.88. The second-order valence-electron chi connectivity index (χ2n) is 4.07. The highest BCUT2D eigenvalue weighted by Gasteiger charge is 2.28. The van der Waals surface area contributed by atoms with E-state index in [1.54, 1.807) is 0 Å². The SMILES string of the molecule is O=C1CC(C(=O)NCCCCC(F)(F)F)CN1. The van der Waals surface area contributed by atoms with E-state index in [1.807, 2.05) is 0 Å². The van der Waals surface area contributed by atoms with Crippen LogP contribution >= 0.6 is 0 Å². The molecule has 2 N–H and O–H groups in total. The van der Waals surface area contributed by atoms with Gasteiger partial charge in [0, 0.05) is 25.9 Å². The fourth-order valence-corrected chi connectivity index (χ4v) is 1.60. The lowest BCUT2D eigenvalue weighted by molar-refractivity contribution is -0.135. The summed E-state index contributed by atoms with van der Waals surface area (Å²) in [7, 11) is 0. The molecular weight excluding hydrogens is 237 g/mol. The monoisotopic (exact) mass is 252 g/mol. The average molecular weight is 252 g/mol. The van der Waals surface area contributed by atoms with Gasteiger partial charge in [0.15, 0.2) is 0 Å². The Morgan fingerprint density at radius 2 is 2.12 bits per heavy atom. The summed E-state index contributed by atoms with van der Waals surface area (Å²) in [5.41, 5.74) is 0. The van der Waals surface area contributed by atoms with Crippen molar-refractivity contribution in [3.63, 3.8) is 0 Å². The van der Waals surface area contributed by atoms with Crippen molar-refractivity contribution >= 4 is 11.8 Å². The van der Waals surface area contributed by atoms with Gasteiger partial charge in [0.1, 0.15) is 0 Å². The lowest BCUT2D eigenvalue weighted by atomic mass is 10.1. The number of hydrogen-bond acceptors (Lipinski definition) is 2. The third-order valence-electron chi connectivity index (χ3n) is 2.53. The van der Waals surface area contributed by atoms with Crippen LogP contribution in [0.3, 0.4) is 0 Å². The molecule has 0 radical (unpaired) electrons. The Hall–Kier alpha value is -1.27. The normalized spacial score (nSPS) is 20.2. The molecule has 17 heavy (non-hydrogen) atoms. The van der Waals surface area contributed by atoms with Gasteiger partial charge in [0.05, 0.1) is 5.92 Å². The number of hydrogen-bond donors (Lipinski definition) is 2. The minimum atomic E-state index is -4.13. The van der Waals surface area contributed by atoms with Crippen LogP contribution in [-0.2, 0) is 9.59 Å². The van der Waals surface area contributed by atoms with Gasteiger partial charge in [-0.05, 0) is 12.8 Å². The Balaban J connectivity index is 2.07. The number of rotatable bonds is 5. The number of alkyl halides is 3. The molecule has 1 aliphatic heterocycles. The number of carbonyl (C=O) groups is 2. The molecule has 1 unspecified atom stereocenters. The molecule has 1 atom stereocenters. The second-order valence-corrected chi connectivity index (χ2v) is 4.07. The van der Waals surface area contributed by atoms with E-state index in [1.165, 1.54) is 0 Å². The predicted molar refractivity (Wildman–Crippen MR) is 54.0 cm³/mol. The molecule has 0 bridgehead atoms. The first kappa shape index (κ1) is 13.8. The molecular formula is C10H15F3N2O2. The van der Waals surface area contributed by atoms with E-state index >= 15 is 0 Å². The molecule has 1 aliphatic rings. The first-order valence-corrected chi connectivity index (χ1v) is 5.49. The molecule has 0 aromatic heterocycles. The molecule has 98 valence electrons. The van der Waals surface area contributed by atoms with Gasteiger partial charge in [-0.1, -0.05) is 0 Å². The fraction of sp³-hybridized carbons (Fsp3) is 0.800. The van der Waals surface area contributed by atoms with Crippen molar-refractivity contribution in [2.24, 2.45) is 5.92 Å². The molecule has 0 aromatic carbocycles. The Kier molecular flexibility index (Phi) is 4.77. The highest BCUT2D eigenvalue weighted by molar-refractivity contribution is 5.89. The van der Waals surface area contributed by atoms with Crippen molar-refractivity contribution in [3.05, 3.63) is 0 Å². The molecule has 4 nitrogen and oxygen atoms in total. The van der Waals surface area contributed by atoms with Crippen LogP contribution in [0.4, 0.5) is 13.2 Å². The van der Waals surface area contributed by atoms with Crippen LogP contribution < -0.4 is 10.6 Å². The second kappa shape index (κ2) is 5.88. The Morgan fingerprint density at radius 1 is 1.41 bits per heavy atom. The van der Waals surface area contributed by atoms with Gasteiger partial charge in [-0.25, -0.2) is 0 Å². The number of amides is 2. The summed E-state index contributed by atoms with van der Waals surface area (Å²) in [6, 6.07) is 0. The van der Waals surface area contributed by atoms with Crippen LogP contribution in [0.1, 0.15) is 25.7 Å². The van der Waals surface area contributed by atoms with Crippen LogP contribution in [-0.4, -0.2) is 31.1 Å². The van der Waals surface area contributed by atoms with Crippen molar-refractivity contribution in [3.8, 4) is 0 Å². The molecule has 1 rings (SSSR count). The summed E-state index contributed by atoms with van der Waals surface area (Å²) in [6.45, 7) is 0.535. The van der Waals surface area contributed by atoms with Crippen LogP contribution in [0.2, 0.25) is 0 Å². The van der Waals surface area contributed by atoms with Crippen molar-refractivity contribution in [2.75, 3.05) is 13.1 Å². The zero-order valence-corrected chi connectivity index (χ0v) is 9.27. The highest BCUT2D eigenvalue weighted by atomic mass is 19.4. The molecule has 0 aliphatic carbocycles. The van der Waals surface area contributed by atoms with E-state index in [4.69, 9.17) is 0 Å². The number of unbranched alkanes of at least 4 members (excludes halogenated alkanes) is 1. The lowest BCUT2D eigenvalue weighted by Crippen LogP contribution is -2.32. The van der Waals surface area contributed by atoms with Crippen LogP contribution in [0, 0.1) is 5.92 Å². The summed E-state index contributed by atoms with van der Waals surface area (Å²) in [5, 5.41) is 5.06. The molecule has 2 amide bonds. The molecule has 7 heteroatoms. The molecule has 1 fully saturated rings. The molecule has 0 spiro atoms. The third kappa shape index (κ3) is 5.55. The summed E-state index contributed by atoms with van der Waals surface area (Å²) in [6.07, 6.45) is -4.50. The molecule has 0 aromatic rings. The minimum absolute atomic E-state index is 0.00558. The van der Waals surface area contributed by atoms with Crippen molar-refractivity contribution in [2.45, 2.75) is 31.9 Å². The van der Waals surface area contributed by atoms with Gasteiger partial charge in [-0.2, -0.15) is 13.2 Å². The van der Waals surface area contributed by atoms with Gasteiger partial charge in [-0.15, -0.1) is 0 Å². The van der Waals surface area contributed by atoms with Gasteiger partial charge in [0.2, 0.25) is 11.8 Å². The maximum atomic E-state index is 11.8. The smallest absolute Gasteiger partial charge is 0.356 e. The van der Waals surface area contributed by atoms with E-state index in [9.17, 15) is 22.8 Å². The number of nitrogens with one attached hydrogen (secondary N) is 2. The van der Waals surface area contributed by atoms with E-state index in [0.29, 0.717) is 13.0 Å². The maximum absolute atomic E-state index is 11.8. The van der Waals surface area contributed by atoms with Crippen LogP contribution in [0.5, 0.6) is 0 Å². The zero-order valence-electron chi connectivity index (χ0n) is 9.27. The zero-order chi connectivity index (χ0) is 12.9. The van der Waals surface area contributed by atoms with Crippen LogP contribution in [0.25, 0.3) is 0 Å². The fourth-order valence-electron chi connectivity index (χ4n) is 1.60. The summed E-state index contributed by atoms with van der Waals surface area (Å²) in [4.78, 5) is 22.3. The highest BCUT2D eigenvalue weighted by Crippen LogP contribution is 2.21. The third-order valence-corrected chi connectivity index (χ3v) is 2.53. The van der Waals surface area contributed by atoms with Crippen LogP contribution in [0.15, 0.2) is 0 Å². The topological polar surface area (TPSA) is 58.2 Å². The number of halogens is 3. The van der Waals surface area contributed by atoms with Gasteiger partial charge < -0.3 is 10.6 Å². The Bertz CT molecular complexity index is 292. The van der Waals surface area contributed by atoms with Crippen molar-refractivity contribution < 1.29 is 22.8 Å². The molecule has 0 saturated carbocycles. The quantitative estimate of drug-likeness (QED) is 0.716. The van der Waals surface area contributed by atoms with Crippen molar-refractivity contribution in [1.82, 2.24) is 10.6 Å². The van der Waals surface area contributed by atoms with E-state index in [0.717, 1.165) is 0 Å². The number of carbonyl (C=O) groups excluding carboxylic acids is 2. The standard InChI is InChI=1S/C10H15F3N2O2/c11-10(12,13)3-1-2-4-14-9(17)7-5-8(16)15-6-7/h7H,1-6H2,(H,14,17)(H,15,16). The van der Waals surface area contributed by atoms with Gasteiger partial charge in [0.25, 0.3) is 0 Å². The van der Waals surface area contributed by atoms with Crippen molar-refractivity contribution in [1.29, 1.82) is 0 Å². The molecule has 1 heterocycles. The van der Waals surface area contributed by atoms with Gasteiger partial charge >= 0.3 is 6.18 Å². The largest absolute Gasteiger partial charge is 0.389 e. The predicted octanol–water partition coefficient (Wildman–Crippen LogP) is 0.971. The minimum Gasteiger partial charge on any atom is -0.356 e. The summed E-state index contributed by atoms with van der Waals surface area (Å²) >= 11 is 0. The average Bonchev–Trinajstić information content (AvgIpc) is 2.62. The van der Waals surface area contributed by atoms with Gasteiger partial charge in [-0.3, -0.25) is 9.59 Å². The maximum Gasteiger partial charge on any atom is 0.389 e. The first-order valence-electron chi connectivity index (χ1n) is 5.49. The van der Waals surface area contributed by atoms with E-state index < -0.39 is 12.6 Å². The Labute approximate surface area is 96.9 Å². The summed E-state index contributed by atoms with van der Waals surface area (Å²) in [5.74, 6) is -0.817. The Morgan fingerprint density at radius 3 is 2.65 bits per heavy atom. The molecule has 1 saturated heterocycles. The van der Waals surface area contributed by atoms with E-state index in [-0.39, 0.29) is 37.1 Å². The summed E-state index contributed by atoms with van der Waals surface area (Å²) < 4.78 is 35.4.